The zero-order valence-corrected chi connectivity index (χ0v) is 12.7. The lowest BCUT2D eigenvalue weighted by Gasteiger charge is -2.31. The first-order chi connectivity index (χ1) is 10.2. The molecule has 1 saturated carbocycles. The minimum Gasteiger partial charge on any atom is -0.490 e. The van der Waals surface area contributed by atoms with Crippen LogP contribution in [0.15, 0.2) is 36.9 Å². The van der Waals surface area contributed by atoms with Crippen LogP contribution in [-0.2, 0) is 9.53 Å². The Morgan fingerprint density at radius 3 is 2.95 bits per heavy atom. The highest BCUT2D eigenvalue weighted by molar-refractivity contribution is 5.69. The molecule has 0 spiro atoms. The summed E-state index contributed by atoms with van der Waals surface area (Å²) in [6.45, 7) is 6.00. The van der Waals surface area contributed by atoms with E-state index in [1.54, 1.807) is 6.08 Å². The van der Waals surface area contributed by atoms with Crippen LogP contribution in [0.3, 0.4) is 0 Å². The highest BCUT2D eigenvalue weighted by Gasteiger charge is 2.29. The number of carbonyl (C=O) groups is 1. The van der Waals surface area contributed by atoms with Crippen molar-refractivity contribution in [2.45, 2.75) is 51.0 Å². The van der Waals surface area contributed by atoms with E-state index in [1.165, 1.54) is 12.0 Å². The highest BCUT2D eigenvalue weighted by atomic mass is 16.5. The van der Waals surface area contributed by atoms with Crippen molar-refractivity contribution < 1.29 is 14.3 Å². The largest absolute Gasteiger partial charge is 0.490 e. The summed E-state index contributed by atoms with van der Waals surface area (Å²) in [6, 6.07) is 8.11. The Kier molecular flexibility index (Phi) is 5.85. The second-order valence-electron chi connectivity index (χ2n) is 5.44. The van der Waals surface area contributed by atoms with Crippen molar-refractivity contribution in [2.24, 2.45) is 0 Å². The van der Waals surface area contributed by atoms with E-state index < -0.39 is 0 Å². The molecule has 0 unspecified atom stereocenters. The van der Waals surface area contributed by atoms with Gasteiger partial charge in [-0.3, -0.25) is 4.79 Å². The third-order valence-electron chi connectivity index (χ3n) is 3.93. The molecule has 21 heavy (non-hydrogen) atoms. The second kappa shape index (κ2) is 7.87. The summed E-state index contributed by atoms with van der Waals surface area (Å²) in [7, 11) is 0. The quantitative estimate of drug-likeness (QED) is 0.580. The Morgan fingerprint density at radius 1 is 1.38 bits per heavy atom. The molecular weight excluding hydrogens is 264 g/mol. The van der Waals surface area contributed by atoms with E-state index in [4.69, 9.17) is 9.47 Å². The normalized spacial score (nSPS) is 21.6. The van der Waals surface area contributed by atoms with Crippen molar-refractivity contribution >= 4 is 5.97 Å². The average Bonchev–Trinajstić information content (AvgIpc) is 2.53. The summed E-state index contributed by atoms with van der Waals surface area (Å²) >= 11 is 0. The van der Waals surface area contributed by atoms with E-state index in [-0.39, 0.29) is 18.0 Å². The number of carbonyl (C=O) groups excluding carboxylic acids is 1. The molecule has 0 saturated heterocycles. The molecular formula is C18H24O3. The number of rotatable bonds is 6. The molecule has 0 radical (unpaired) electrons. The average molecular weight is 288 g/mol. The molecule has 1 fully saturated rings. The maximum atomic E-state index is 11.6. The molecule has 3 heteroatoms. The lowest BCUT2D eigenvalue weighted by Crippen LogP contribution is -2.28. The molecule has 0 amide bonds. The van der Waals surface area contributed by atoms with Gasteiger partial charge in [0.15, 0.2) is 0 Å². The first kappa shape index (κ1) is 15.6. The fraction of sp³-hybridized carbons (Fsp3) is 0.500. The summed E-state index contributed by atoms with van der Waals surface area (Å²) in [5.74, 6) is 1.02. The van der Waals surface area contributed by atoms with Crippen LogP contribution in [-0.4, -0.2) is 18.7 Å². The maximum Gasteiger partial charge on any atom is 0.305 e. The number of esters is 1. The molecule has 1 aliphatic carbocycles. The van der Waals surface area contributed by atoms with Gasteiger partial charge < -0.3 is 9.47 Å². The van der Waals surface area contributed by atoms with Crippen molar-refractivity contribution in [1.29, 1.82) is 0 Å². The molecule has 0 bridgehead atoms. The lowest BCUT2D eigenvalue weighted by molar-refractivity contribution is -0.151. The van der Waals surface area contributed by atoms with Gasteiger partial charge in [0.2, 0.25) is 0 Å². The Morgan fingerprint density at radius 2 is 2.19 bits per heavy atom. The van der Waals surface area contributed by atoms with Crippen LogP contribution in [0.4, 0.5) is 0 Å². The highest BCUT2D eigenvalue weighted by Crippen LogP contribution is 2.36. The van der Waals surface area contributed by atoms with Gasteiger partial charge in [-0.2, -0.15) is 0 Å². The predicted molar refractivity (Wildman–Crippen MR) is 83.5 cm³/mol. The summed E-state index contributed by atoms with van der Waals surface area (Å²) in [4.78, 5) is 11.6. The van der Waals surface area contributed by atoms with E-state index >= 15 is 0 Å². The fourth-order valence-electron chi connectivity index (χ4n) is 2.86. The molecule has 114 valence electrons. The first-order valence-corrected chi connectivity index (χ1v) is 7.77. The fourth-order valence-corrected chi connectivity index (χ4v) is 2.86. The van der Waals surface area contributed by atoms with Crippen molar-refractivity contribution in [2.75, 3.05) is 6.61 Å². The minimum absolute atomic E-state index is 0.000791. The van der Waals surface area contributed by atoms with E-state index in [9.17, 15) is 4.79 Å². The van der Waals surface area contributed by atoms with Crippen LogP contribution >= 0.6 is 0 Å². The SMILES string of the molecule is C=CCOc1cccc([C@H]2CCCC[C@@H]2OC(=O)CC)c1. The van der Waals surface area contributed by atoms with Crippen LogP contribution in [0.2, 0.25) is 0 Å². The predicted octanol–water partition coefficient (Wildman–Crippen LogP) is 4.23. The van der Waals surface area contributed by atoms with Gasteiger partial charge in [0.1, 0.15) is 18.5 Å². The molecule has 1 aromatic carbocycles. The summed E-state index contributed by atoms with van der Waals surface area (Å²) in [5.41, 5.74) is 1.20. The molecule has 0 heterocycles. The van der Waals surface area contributed by atoms with Crippen LogP contribution in [0.25, 0.3) is 0 Å². The van der Waals surface area contributed by atoms with E-state index in [1.807, 2.05) is 19.1 Å². The molecule has 1 aliphatic rings. The van der Waals surface area contributed by atoms with Crippen molar-refractivity contribution in [3.05, 3.63) is 42.5 Å². The van der Waals surface area contributed by atoms with Crippen molar-refractivity contribution in [1.82, 2.24) is 0 Å². The van der Waals surface area contributed by atoms with Crippen LogP contribution in [0.1, 0.15) is 50.5 Å². The number of hydrogen-bond donors (Lipinski definition) is 0. The Balaban J connectivity index is 2.12. The Hall–Kier alpha value is -1.77. The van der Waals surface area contributed by atoms with Gasteiger partial charge in [-0.25, -0.2) is 0 Å². The summed E-state index contributed by atoms with van der Waals surface area (Å²) in [5, 5.41) is 0. The minimum atomic E-state index is -0.106. The van der Waals surface area contributed by atoms with Crippen molar-refractivity contribution in [3.8, 4) is 5.75 Å². The van der Waals surface area contributed by atoms with Crippen LogP contribution in [0.5, 0.6) is 5.75 Å². The molecule has 3 nitrogen and oxygen atoms in total. The zero-order valence-electron chi connectivity index (χ0n) is 12.7. The molecule has 0 N–H and O–H groups in total. The monoisotopic (exact) mass is 288 g/mol. The molecule has 1 aromatic rings. The second-order valence-corrected chi connectivity index (χ2v) is 5.44. The Labute approximate surface area is 127 Å². The number of hydrogen-bond acceptors (Lipinski definition) is 3. The van der Waals surface area contributed by atoms with Gasteiger partial charge >= 0.3 is 5.97 Å². The zero-order chi connectivity index (χ0) is 15.1. The first-order valence-electron chi connectivity index (χ1n) is 7.77. The summed E-state index contributed by atoms with van der Waals surface area (Å²) in [6.07, 6.45) is 6.50. The van der Waals surface area contributed by atoms with Gasteiger partial charge in [0, 0.05) is 12.3 Å². The maximum absolute atomic E-state index is 11.6. The molecule has 2 atom stereocenters. The van der Waals surface area contributed by atoms with Gasteiger partial charge in [-0.05, 0) is 37.0 Å². The molecule has 0 aromatic heterocycles. The lowest BCUT2D eigenvalue weighted by atomic mass is 9.81. The van der Waals surface area contributed by atoms with Crippen molar-refractivity contribution in [3.63, 3.8) is 0 Å². The van der Waals surface area contributed by atoms with Gasteiger partial charge in [-0.1, -0.05) is 38.1 Å². The number of ether oxygens (including phenoxy) is 2. The third-order valence-corrected chi connectivity index (χ3v) is 3.93. The van der Waals surface area contributed by atoms with E-state index in [0.29, 0.717) is 13.0 Å². The topological polar surface area (TPSA) is 35.5 Å². The van der Waals surface area contributed by atoms with Crippen LogP contribution < -0.4 is 4.74 Å². The standard InChI is InChI=1S/C18H24O3/c1-3-12-20-15-9-7-8-14(13-15)16-10-5-6-11-17(16)21-18(19)4-2/h3,7-9,13,16-17H,1,4-6,10-12H2,2H3/t16-,17+/m1/s1. The summed E-state index contributed by atoms with van der Waals surface area (Å²) < 4.78 is 11.2. The Bertz CT molecular complexity index is 481. The smallest absolute Gasteiger partial charge is 0.305 e. The molecule has 0 aliphatic heterocycles. The third kappa shape index (κ3) is 4.35. The number of benzene rings is 1. The van der Waals surface area contributed by atoms with E-state index in [0.717, 1.165) is 25.0 Å². The van der Waals surface area contributed by atoms with E-state index in [2.05, 4.69) is 18.7 Å². The van der Waals surface area contributed by atoms with Gasteiger partial charge in [0.25, 0.3) is 0 Å². The van der Waals surface area contributed by atoms with Gasteiger partial charge in [-0.15, -0.1) is 0 Å². The molecule has 2 rings (SSSR count). The van der Waals surface area contributed by atoms with Gasteiger partial charge in [0.05, 0.1) is 0 Å². The van der Waals surface area contributed by atoms with Crippen LogP contribution in [0, 0.1) is 0 Å².